The van der Waals surface area contributed by atoms with Crippen molar-refractivity contribution in [2.24, 2.45) is 0 Å². The zero-order chi connectivity index (χ0) is 13.4. The predicted molar refractivity (Wildman–Crippen MR) is 70.1 cm³/mol. The summed E-state index contributed by atoms with van der Waals surface area (Å²) in [6.07, 6.45) is 1.48. The van der Waals surface area contributed by atoms with E-state index in [0.717, 1.165) is 5.52 Å². The van der Waals surface area contributed by atoms with Gasteiger partial charge in [-0.15, -0.1) is 0 Å². The third-order valence-electron chi connectivity index (χ3n) is 2.79. The Kier molecular flexibility index (Phi) is 2.76. The Morgan fingerprint density at radius 2 is 2.26 bits per heavy atom. The van der Waals surface area contributed by atoms with Crippen molar-refractivity contribution in [2.45, 2.75) is 0 Å². The first-order valence-electron chi connectivity index (χ1n) is 5.51. The Morgan fingerprint density at radius 3 is 2.95 bits per heavy atom. The van der Waals surface area contributed by atoms with Crippen molar-refractivity contribution in [3.05, 3.63) is 41.3 Å². The van der Waals surface area contributed by atoms with E-state index in [1.165, 1.54) is 13.4 Å². The fourth-order valence-corrected chi connectivity index (χ4v) is 2.10. The number of aromatic nitrogens is 2. The molecule has 96 valence electrons. The van der Waals surface area contributed by atoms with Crippen LogP contribution in [-0.4, -0.2) is 23.0 Å². The molecule has 1 aromatic carbocycles. The van der Waals surface area contributed by atoms with Crippen molar-refractivity contribution in [3.63, 3.8) is 0 Å². The molecule has 0 unspecified atom stereocenters. The number of H-pyrrole nitrogens is 1. The van der Waals surface area contributed by atoms with Gasteiger partial charge in [-0.25, -0.2) is 9.78 Å². The van der Waals surface area contributed by atoms with Gasteiger partial charge in [-0.1, -0.05) is 6.07 Å². The van der Waals surface area contributed by atoms with Crippen LogP contribution < -0.4 is 0 Å². The number of nitrogens with one attached hydrogen (secondary N) is 1. The molecule has 2 heterocycles. The van der Waals surface area contributed by atoms with Crippen molar-refractivity contribution < 1.29 is 13.9 Å². The molecule has 0 bridgehead atoms. The van der Waals surface area contributed by atoms with E-state index < -0.39 is 5.97 Å². The minimum Gasteiger partial charge on any atom is -0.465 e. The maximum Gasteiger partial charge on any atom is 0.340 e. The number of benzene rings is 1. The van der Waals surface area contributed by atoms with Gasteiger partial charge in [-0.3, -0.25) is 0 Å². The van der Waals surface area contributed by atoms with Crippen molar-refractivity contribution in [3.8, 4) is 11.4 Å². The molecule has 3 rings (SSSR count). The number of imidazole rings is 1. The lowest BCUT2D eigenvalue weighted by atomic mass is 10.2. The van der Waals surface area contributed by atoms with Crippen molar-refractivity contribution in [1.82, 2.24) is 9.97 Å². The van der Waals surface area contributed by atoms with E-state index in [1.54, 1.807) is 18.2 Å². The number of hydrogen-bond acceptors (Lipinski definition) is 4. The molecule has 19 heavy (non-hydrogen) atoms. The molecule has 0 radical (unpaired) electrons. The molecule has 5 nitrogen and oxygen atoms in total. The van der Waals surface area contributed by atoms with Crippen LogP contribution in [0.15, 0.2) is 34.9 Å². The highest BCUT2D eigenvalue weighted by molar-refractivity contribution is 6.31. The maximum absolute atomic E-state index is 11.7. The summed E-state index contributed by atoms with van der Waals surface area (Å²) < 4.78 is 9.76. The van der Waals surface area contributed by atoms with Gasteiger partial charge in [0.15, 0.2) is 0 Å². The molecule has 6 heteroatoms. The molecule has 0 aliphatic heterocycles. The monoisotopic (exact) mass is 276 g/mol. The number of para-hydroxylation sites is 1. The minimum atomic E-state index is -0.429. The van der Waals surface area contributed by atoms with Crippen LogP contribution >= 0.6 is 11.6 Å². The maximum atomic E-state index is 11.7. The number of nitrogens with zero attached hydrogens (tertiary/aromatic N) is 1. The molecule has 0 saturated carbocycles. The Hall–Kier alpha value is -2.27. The number of fused-ring (bicyclic) bond motifs is 1. The Labute approximate surface area is 113 Å². The molecule has 0 atom stereocenters. The fourth-order valence-electron chi connectivity index (χ4n) is 1.90. The molecular formula is C13H9ClN2O3. The van der Waals surface area contributed by atoms with E-state index in [0.29, 0.717) is 22.5 Å². The van der Waals surface area contributed by atoms with Crippen LogP contribution in [0.4, 0.5) is 0 Å². The summed E-state index contributed by atoms with van der Waals surface area (Å²) in [6, 6.07) is 6.95. The summed E-state index contributed by atoms with van der Waals surface area (Å²) in [5.74, 6) is 0.118. The Morgan fingerprint density at radius 1 is 1.42 bits per heavy atom. The topological polar surface area (TPSA) is 68.1 Å². The Bertz CT molecular complexity index is 760. The summed E-state index contributed by atoms with van der Waals surface area (Å²) in [5.41, 5.74) is 2.33. The van der Waals surface area contributed by atoms with E-state index in [-0.39, 0.29) is 5.22 Å². The van der Waals surface area contributed by atoms with Crippen LogP contribution in [0.1, 0.15) is 10.4 Å². The lowest BCUT2D eigenvalue weighted by Crippen LogP contribution is -2.01. The zero-order valence-corrected chi connectivity index (χ0v) is 10.7. The highest BCUT2D eigenvalue weighted by Crippen LogP contribution is 2.29. The number of esters is 1. The zero-order valence-electron chi connectivity index (χ0n) is 9.94. The van der Waals surface area contributed by atoms with Gasteiger partial charge in [0, 0.05) is 0 Å². The van der Waals surface area contributed by atoms with Gasteiger partial charge in [-0.2, -0.15) is 0 Å². The first-order chi connectivity index (χ1) is 9.20. The van der Waals surface area contributed by atoms with Gasteiger partial charge in [-0.05, 0) is 29.8 Å². The quantitative estimate of drug-likeness (QED) is 0.730. The minimum absolute atomic E-state index is 0.249. The average molecular weight is 277 g/mol. The third kappa shape index (κ3) is 1.88. The summed E-state index contributed by atoms with van der Waals surface area (Å²) in [5, 5.41) is 0.249. The van der Waals surface area contributed by atoms with Gasteiger partial charge in [0.1, 0.15) is 11.3 Å². The highest BCUT2D eigenvalue weighted by atomic mass is 35.5. The van der Waals surface area contributed by atoms with Gasteiger partial charge >= 0.3 is 5.97 Å². The lowest BCUT2D eigenvalue weighted by Gasteiger charge is -1.98. The molecule has 0 spiro atoms. The van der Waals surface area contributed by atoms with Crippen LogP contribution in [0.5, 0.6) is 0 Å². The van der Waals surface area contributed by atoms with Crippen LogP contribution in [-0.2, 0) is 4.74 Å². The second-order valence-corrected chi connectivity index (χ2v) is 4.23. The molecular weight excluding hydrogens is 268 g/mol. The molecule has 0 fully saturated rings. The van der Waals surface area contributed by atoms with Crippen molar-refractivity contribution in [1.29, 1.82) is 0 Å². The number of ether oxygens (including phenoxy) is 1. The third-order valence-corrected chi connectivity index (χ3v) is 3.08. The molecule has 0 aliphatic carbocycles. The SMILES string of the molecule is COC(=O)c1cccc2[nH]c(-c3ccoc3Cl)nc12. The smallest absolute Gasteiger partial charge is 0.340 e. The van der Waals surface area contributed by atoms with Crippen molar-refractivity contribution in [2.75, 3.05) is 7.11 Å². The first-order valence-corrected chi connectivity index (χ1v) is 5.89. The number of carbonyl (C=O) groups excluding carboxylic acids is 1. The fraction of sp³-hybridized carbons (Fsp3) is 0.0769. The number of carbonyl (C=O) groups is 1. The summed E-state index contributed by atoms with van der Waals surface area (Å²) >= 11 is 5.91. The molecule has 0 amide bonds. The number of furan rings is 1. The predicted octanol–water partition coefficient (Wildman–Crippen LogP) is 3.26. The lowest BCUT2D eigenvalue weighted by molar-refractivity contribution is 0.0603. The van der Waals surface area contributed by atoms with Gasteiger partial charge in [0.2, 0.25) is 5.22 Å². The number of aromatic amines is 1. The van der Waals surface area contributed by atoms with E-state index in [4.69, 9.17) is 20.8 Å². The number of rotatable bonds is 2. The van der Waals surface area contributed by atoms with E-state index >= 15 is 0 Å². The van der Waals surface area contributed by atoms with Crippen LogP contribution in [0, 0.1) is 0 Å². The Balaban J connectivity index is 2.21. The molecule has 2 aromatic heterocycles. The number of methoxy groups -OCH3 is 1. The van der Waals surface area contributed by atoms with E-state index in [1.807, 2.05) is 6.07 Å². The van der Waals surface area contributed by atoms with Gasteiger partial charge in [0.05, 0.1) is 30.0 Å². The van der Waals surface area contributed by atoms with Crippen LogP contribution in [0.25, 0.3) is 22.4 Å². The van der Waals surface area contributed by atoms with Crippen LogP contribution in [0.3, 0.4) is 0 Å². The second-order valence-electron chi connectivity index (χ2n) is 3.89. The molecule has 1 N–H and O–H groups in total. The average Bonchev–Trinajstić information content (AvgIpc) is 3.02. The van der Waals surface area contributed by atoms with E-state index in [2.05, 4.69) is 9.97 Å². The molecule has 3 aromatic rings. The molecule has 0 aliphatic rings. The largest absolute Gasteiger partial charge is 0.465 e. The normalized spacial score (nSPS) is 10.8. The number of hydrogen-bond donors (Lipinski definition) is 1. The van der Waals surface area contributed by atoms with E-state index in [9.17, 15) is 4.79 Å². The first kappa shape index (κ1) is 11.8. The van der Waals surface area contributed by atoms with Crippen LogP contribution in [0.2, 0.25) is 5.22 Å². The standard InChI is InChI=1S/C13H9ClN2O3/c1-18-13(17)7-3-2-4-9-10(7)16-12(15-9)8-5-6-19-11(8)14/h2-6H,1H3,(H,15,16). The van der Waals surface area contributed by atoms with Gasteiger partial charge < -0.3 is 14.1 Å². The number of halogens is 1. The van der Waals surface area contributed by atoms with Crippen molar-refractivity contribution >= 4 is 28.6 Å². The van der Waals surface area contributed by atoms with Gasteiger partial charge in [0.25, 0.3) is 0 Å². The second kappa shape index (κ2) is 4.44. The summed E-state index contributed by atoms with van der Waals surface area (Å²) in [6.45, 7) is 0. The highest BCUT2D eigenvalue weighted by Gasteiger charge is 2.16. The summed E-state index contributed by atoms with van der Waals surface area (Å²) in [7, 11) is 1.33. The molecule has 0 saturated heterocycles. The summed E-state index contributed by atoms with van der Waals surface area (Å²) in [4.78, 5) is 19.1.